The van der Waals surface area contributed by atoms with E-state index in [4.69, 9.17) is 0 Å². The standard InChI is InChI=1S/C18H22N4/c1-2-4-14(5-3-1)15-6-7-16-17(12-15)20-13-21-18(16)22-10-8-19-9-11-22/h1-5,13,15,19H,6-12H2. The van der Waals surface area contributed by atoms with Crippen LogP contribution in [-0.2, 0) is 12.8 Å². The summed E-state index contributed by atoms with van der Waals surface area (Å²) in [6.45, 7) is 4.19. The van der Waals surface area contributed by atoms with Crippen molar-refractivity contribution in [3.63, 3.8) is 0 Å². The average molecular weight is 294 g/mol. The summed E-state index contributed by atoms with van der Waals surface area (Å²) in [5.41, 5.74) is 4.08. The Morgan fingerprint density at radius 3 is 2.68 bits per heavy atom. The van der Waals surface area contributed by atoms with Gasteiger partial charge in [0, 0.05) is 37.4 Å². The van der Waals surface area contributed by atoms with Crippen molar-refractivity contribution in [3.8, 4) is 0 Å². The van der Waals surface area contributed by atoms with Crippen molar-refractivity contribution in [1.29, 1.82) is 0 Å². The summed E-state index contributed by atoms with van der Waals surface area (Å²) in [5.74, 6) is 1.78. The van der Waals surface area contributed by atoms with Crippen molar-refractivity contribution in [2.75, 3.05) is 31.1 Å². The molecule has 1 atom stereocenters. The zero-order valence-electron chi connectivity index (χ0n) is 12.8. The Morgan fingerprint density at radius 2 is 1.86 bits per heavy atom. The van der Waals surface area contributed by atoms with Gasteiger partial charge in [0.25, 0.3) is 0 Å². The van der Waals surface area contributed by atoms with Crippen LogP contribution in [0.4, 0.5) is 5.82 Å². The van der Waals surface area contributed by atoms with Gasteiger partial charge in [0.15, 0.2) is 0 Å². The zero-order valence-corrected chi connectivity index (χ0v) is 12.8. The summed E-state index contributed by atoms with van der Waals surface area (Å²) < 4.78 is 0. The maximum Gasteiger partial charge on any atom is 0.135 e. The van der Waals surface area contributed by atoms with Gasteiger partial charge in [-0.2, -0.15) is 0 Å². The molecular formula is C18H22N4. The maximum atomic E-state index is 4.60. The third kappa shape index (κ3) is 2.59. The number of benzene rings is 1. The second kappa shape index (κ2) is 6.05. The predicted octanol–water partition coefficient (Wildman–Crippen LogP) is 2.16. The number of piperazine rings is 1. The third-order valence-corrected chi connectivity index (χ3v) is 4.88. The molecule has 2 aromatic rings. The Bertz CT molecular complexity index is 635. The van der Waals surface area contributed by atoms with Gasteiger partial charge in [-0.05, 0) is 30.7 Å². The molecule has 1 aliphatic carbocycles. The molecule has 1 fully saturated rings. The van der Waals surface area contributed by atoms with E-state index in [1.165, 1.54) is 29.1 Å². The van der Waals surface area contributed by atoms with Crippen LogP contribution >= 0.6 is 0 Å². The van der Waals surface area contributed by atoms with Crippen LogP contribution in [0.25, 0.3) is 0 Å². The smallest absolute Gasteiger partial charge is 0.135 e. The van der Waals surface area contributed by atoms with Gasteiger partial charge in [0.2, 0.25) is 0 Å². The van der Waals surface area contributed by atoms with Crippen LogP contribution in [0.5, 0.6) is 0 Å². The molecule has 1 aromatic carbocycles. The predicted molar refractivity (Wildman–Crippen MR) is 88.3 cm³/mol. The van der Waals surface area contributed by atoms with Crippen LogP contribution < -0.4 is 10.2 Å². The number of hydrogen-bond donors (Lipinski definition) is 1. The van der Waals surface area contributed by atoms with Crippen LogP contribution in [-0.4, -0.2) is 36.1 Å². The van der Waals surface area contributed by atoms with Gasteiger partial charge in [-0.1, -0.05) is 30.3 Å². The molecule has 22 heavy (non-hydrogen) atoms. The van der Waals surface area contributed by atoms with Crippen molar-refractivity contribution in [2.24, 2.45) is 0 Å². The zero-order chi connectivity index (χ0) is 14.8. The number of nitrogens with zero attached hydrogens (tertiary/aromatic N) is 3. The highest BCUT2D eigenvalue weighted by atomic mass is 15.2. The van der Waals surface area contributed by atoms with Crippen molar-refractivity contribution < 1.29 is 0 Å². The van der Waals surface area contributed by atoms with E-state index in [1.807, 2.05) is 0 Å². The molecule has 114 valence electrons. The summed E-state index contributed by atoms with van der Waals surface area (Å²) in [6, 6.07) is 10.8. The van der Waals surface area contributed by atoms with E-state index in [1.54, 1.807) is 6.33 Å². The molecule has 4 rings (SSSR count). The molecule has 0 bridgehead atoms. The quantitative estimate of drug-likeness (QED) is 0.921. The molecular weight excluding hydrogens is 272 g/mol. The maximum absolute atomic E-state index is 4.60. The molecule has 1 aromatic heterocycles. The molecule has 1 N–H and O–H groups in total. The van der Waals surface area contributed by atoms with Crippen LogP contribution in [0.3, 0.4) is 0 Å². The molecule has 4 nitrogen and oxygen atoms in total. The van der Waals surface area contributed by atoms with Gasteiger partial charge in [-0.25, -0.2) is 9.97 Å². The fourth-order valence-electron chi connectivity index (χ4n) is 3.68. The number of fused-ring (bicyclic) bond motifs is 1. The van der Waals surface area contributed by atoms with E-state index in [2.05, 4.69) is 50.5 Å². The van der Waals surface area contributed by atoms with E-state index in [-0.39, 0.29) is 0 Å². The number of aromatic nitrogens is 2. The molecule has 0 amide bonds. The third-order valence-electron chi connectivity index (χ3n) is 4.88. The number of nitrogens with one attached hydrogen (secondary N) is 1. The summed E-state index contributed by atoms with van der Waals surface area (Å²) in [7, 11) is 0. The van der Waals surface area contributed by atoms with Crippen LogP contribution in [0.15, 0.2) is 36.7 Å². The lowest BCUT2D eigenvalue weighted by molar-refractivity contribution is 0.554. The number of rotatable bonds is 2. The summed E-state index contributed by atoms with van der Waals surface area (Å²) in [6.07, 6.45) is 5.09. The number of hydrogen-bond acceptors (Lipinski definition) is 4. The van der Waals surface area contributed by atoms with Crippen LogP contribution in [0.2, 0.25) is 0 Å². The van der Waals surface area contributed by atoms with Crippen molar-refractivity contribution in [3.05, 3.63) is 53.5 Å². The molecule has 1 saturated heterocycles. The normalized spacial score (nSPS) is 21.5. The van der Waals surface area contributed by atoms with E-state index >= 15 is 0 Å². The largest absolute Gasteiger partial charge is 0.354 e. The highest BCUT2D eigenvalue weighted by Gasteiger charge is 2.26. The molecule has 2 heterocycles. The molecule has 0 spiro atoms. The van der Waals surface area contributed by atoms with E-state index < -0.39 is 0 Å². The van der Waals surface area contributed by atoms with Gasteiger partial charge in [-0.15, -0.1) is 0 Å². The van der Waals surface area contributed by atoms with E-state index in [9.17, 15) is 0 Å². The molecule has 1 aliphatic heterocycles. The Morgan fingerprint density at radius 1 is 1.05 bits per heavy atom. The van der Waals surface area contributed by atoms with Gasteiger partial charge in [0.1, 0.15) is 12.1 Å². The Kier molecular flexibility index (Phi) is 3.77. The minimum Gasteiger partial charge on any atom is -0.354 e. The van der Waals surface area contributed by atoms with Crippen LogP contribution in [0, 0.1) is 0 Å². The van der Waals surface area contributed by atoms with Crippen LogP contribution in [0.1, 0.15) is 29.2 Å². The van der Waals surface area contributed by atoms with Gasteiger partial charge in [0.05, 0.1) is 0 Å². The SMILES string of the molecule is c1ccc(C2CCc3c(ncnc3N3CCNCC3)C2)cc1. The first-order valence-corrected chi connectivity index (χ1v) is 8.25. The topological polar surface area (TPSA) is 41.1 Å². The average Bonchev–Trinajstić information content (AvgIpc) is 2.62. The minimum absolute atomic E-state index is 0.597. The lowest BCUT2D eigenvalue weighted by Crippen LogP contribution is -2.44. The van der Waals surface area contributed by atoms with Crippen molar-refractivity contribution in [2.45, 2.75) is 25.2 Å². The first-order valence-electron chi connectivity index (χ1n) is 8.25. The molecule has 4 heteroatoms. The molecule has 0 radical (unpaired) electrons. The Balaban J connectivity index is 1.61. The summed E-state index contributed by atoms with van der Waals surface area (Å²) in [4.78, 5) is 11.6. The fourth-order valence-corrected chi connectivity index (χ4v) is 3.68. The molecule has 1 unspecified atom stereocenters. The highest BCUT2D eigenvalue weighted by Crippen LogP contribution is 2.35. The van der Waals surface area contributed by atoms with Gasteiger partial charge < -0.3 is 10.2 Å². The van der Waals surface area contributed by atoms with E-state index in [0.29, 0.717) is 5.92 Å². The monoisotopic (exact) mass is 294 g/mol. The first kappa shape index (κ1) is 13.7. The lowest BCUT2D eigenvalue weighted by Gasteiger charge is -2.32. The second-order valence-electron chi connectivity index (χ2n) is 6.21. The molecule has 0 saturated carbocycles. The summed E-state index contributed by atoms with van der Waals surface area (Å²) >= 11 is 0. The second-order valence-corrected chi connectivity index (χ2v) is 6.21. The van der Waals surface area contributed by atoms with Crippen molar-refractivity contribution in [1.82, 2.24) is 15.3 Å². The Labute approximate surface area is 131 Å². The van der Waals surface area contributed by atoms with Gasteiger partial charge in [-0.3, -0.25) is 0 Å². The van der Waals surface area contributed by atoms with E-state index in [0.717, 1.165) is 39.0 Å². The minimum atomic E-state index is 0.597. The first-order chi connectivity index (χ1) is 10.9. The molecule has 2 aliphatic rings. The lowest BCUT2D eigenvalue weighted by atomic mass is 9.82. The highest BCUT2D eigenvalue weighted by molar-refractivity contribution is 5.50. The fraction of sp³-hybridized carbons (Fsp3) is 0.444. The van der Waals surface area contributed by atoms with Crippen molar-refractivity contribution >= 4 is 5.82 Å². The Hall–Kier alpha value is -1.94. The summed E-state index contributed by atoms with van der Waals surface area (Å²) in [5, 5.41) is 3.41. The van der Waals surface area contributed by atoms with Gasteiger partial charge >= 0.3 is 0 Å². The number of anilines is 1.